The molecule has 1 rings (SSSR count). The third-order valence-corrected chi connectivity index (χ3v) is 1.70. The van der Waals surface area contributed by atoms with Crippen LogP contribution in [0, 0.1) is 5.41 Å². The van der Waals surface area contributed by atoms with E-state index in [1.165, 1.54) is 6.21 Å². The van der Waals surface area contributed by atoms with Gasteiger partial charge in [-0.1, -0.05) is 15.9 Å². The Morgan fingerprint density at radius 2 is 1.91 bits per heavy atom. The monoisotopic (exact) mass is 211 g/mol. The van der Waals surface area contributed by atoms with E-state index in [9.17, 15) is 4.79 Å². The summed E-state index contributed by atoms with van der Waals surface area (Å²) in [5, 5.41) is 6.95. The summed E-state index contributed by atoms with van der Waals surface area (Å²) in [6.45, 7) is 0. The highest BCUT2D eigenvalue weighted by Crippen LogP contribution is 2.13. The van der Waals surface area contributed by atoms with Gasteiger partial charge in [0.2, 0.25) is 0 Å². The van der Waals surface area contributed by atoms with Gasteiger partial charge < -0.3 is 5.41 Å². The van der Waals surface area contributed by atoms with E-state index < -0.39 is 0 Å². The van der Waals surface area contributed by atoms with Crippen molar-refractivity contribution in [3.05, 3.63) is 33.8 Å². The molecule has 0 aliphatic carbocycles. The molecule has 0 aliphatic rings. The number of nitrogens with one attached hydrogen (secondary N) is 1. The first-order valence-electron chi connectivity index (χ1n) is 3.02. The first kappa shape index (κ1) is 8.14. The molecule has 1 aromatic rings. The van der Waals surface area contributed by atoms with Crippen LogP contribution in [0.5, 0.6) is 0 Å². The van der Waals surface area contributed by atoms with Crippen LogP contribution in [0.1, 0.15) is 15.9 Å². The summed E-state index contributed by atoms with van der Waals surface area (Å²) in [6.07, 6.45) is 1.97. The molecular formula is C8H6BrNO. The van der Waals surface area contributed by atoms with Gasteiger partial charge in [-0.05, 0) is 23.8 Å². The van der Waals surface area contributed by atoms with Crippen LogP contribution in [0.2, 0.25) is 0 Å². The van der Waals surface area contributed by atoms with Crippen molar-refractivity contribution in [1.29, 1.82) is 5.41 Å². The maximum Gasteiger partial charge on any atom is 0.150 e. The number of carbonyl (C=O) groups is 1. The summed E-state index contributed by atoms with van der Waals surface area (Å²) in [5.74, 6) is 0. The Hall–Kier alpha value is -0.960. The molecule has 11 heavy (non-hydrogen) atoms. The standard InChI is InChI=1S/C8H6BrNO/c9-8-2-6(4-10)1-7(3-8)5-11/h1-5,10H. The summed E-state index contributed by atoms with van der Waals surface area (Å²) in [6, 6.07) is 5.14. The molecule has 2 nitrogen and oxygen atoms in total. The lowest BCUT2D eigenvalue weighted by Gasteiger charge is -1.95. The van der Waals surface area contributed by atoms with Crippen molar-refractivity contribution in [1.82, 2.24) is 0 Å². The number of hydrogen-bond donors (Lipinski definition) is 1. The molecule has 0 unspecified atom stereocenters. The molecular weight excluding hydrogens is 206 g/mol. The lowest BCUT2D eigenvalue weighted by atomic mass is 10.1. The SMILES string of the molecule is N=Cc1cc(Br)cc(C=O)c1. The number of hydrogen-bond acceptors (Lipinski definition) is 2. The van der Waals surface area contributed by atoms with Gasteiger partial charge in [0.1, 0.15) is 6.29 Å². The Kier molecular flexibility index (Phi) is 2.54. The summed E-state index contributed by atoms with van der Waals surface area (Å²) in [5.41, 5.74) is 1.30. The van der Waals surface area contributed by atoms with Gasteiger partial charge in [0.05, 0.1) is 0 Å². The average Bonchev–Trinajstić information content (AvgIpc) is 2.03. The van der Waals surface area contributed by atoms with Gasteiger partial charge in [0, 0.05) is 16.3 Å². The molecule has 0 saturated heterocycles. The van der Waals surface area contributed by atoms with E-state index in [1.807, 2.05) is 0 Å². The fraction of sp³-hybridized carbons (Fsp3) is 0. The molecule has 0 heterocycles. The van der Waals surface area contributed by atoms with Gasteiger partial charge in [0.25, 0.3) is 0 Å². The third kappa shape index (κ3) is 1.98. The minimum absolute atomic E-state index is 0.581. The average molecular weight is 212 g/mol. The molecule has 0 spiro atoms. The second kappa shape index (κ2) is 3.44. The van der Waals surface area contributed by atoms with Crippen molar-refractivity contribution < 1.29 is 4.79 Å². The molecule has 0 fully saturated rings. The Labute approximate surface area is 72.9 Å². The molecule has 1 N–H and O–H groups in total. The van der Waals surface area contributed by atoms with E-state index in [-0.39, 0.29) is 0 Å². The maximum atomic E-state index is 10.3. The van der Waals surface area contributed by atoms with Gasteiger partial charge in [-0.3, -0.25) is 4.79 Å². The largest absolute Gasteiger partial charge is 0.308 e. The number of rotatable bonds is 2. The molecule has 0 radical (unpaired) electrons. The predicted octanol–water partition coefficient (Wildman–Crippen LogP) is 2.26. The fourth-order valence-electron chi connectivity index (χ4n) is 0.787. The highest BCUT2D eigenvalue weighted by molar-refractivity contribution is 9.10. The topological polar surface area (TPSA) is 40.9 Å². The summed E-state index contributed by atoms with van der Waals surface area (Å²) in [4.78, 5) is 10.3. The van der Waals surface area contributed by atoms with E-state index >= 15 is 0 Å². The maximum absolute atomic E-state index is 10.3. The lowest BCUT2D eigenvalue weighted by Crippen LogP contribution is -1.84. The van der Waals surface area contributed by atoms with Crippen LogP contribution < -0.4 is 0 Å². The zero-order valence-electron chi connectivity index (χ0n) is 5.67. The minimum atomic E-state index is 0.581. The quantitative estimate of drug-likeness (QED) is 0.592. The number of carbonyl (C=O) groups excluding carboxylic acids is 1. The van der Waals surface area contributed by atoms with Crippen LogP contribution in [-0.4, -0.2) is 12.5 Å². The zero-order valence-corrected chi connectivity index (χ0v) is 7.26. The first-order valence-corrected chi connectivity index (χ1v) is 3.82. The zero-order chi connectivity index (χ0) is 8.27. The van der Waals surface area contributed by atoms with Crippen LogP contribution in [-0.2, 0) is 0 Å². The third-order valence-electron chi connectivity index (χ3n) is 1.25. The van der Waals surface area contributed by atoms with Crippen LogP contribution in [0.25, 0.3) is 0 Å². The van der Waals surface area contributed by atoms with Crippen LogP contribution in [0.4, 0.5) is 0 Å². The normalized spacial score (nSPS) is 9.18. The van der Waals surface area contributed by atoms with Gasteiger partial charge >= 0.3 is 0 Å². The summed E-state index contributed by atoms with van der Waals surface area (Å²) < 4.78 is 0.820. The number of benzene rings is 1. The van der Waals surface area contributed by atoms with Crippen molar-refractivity contribution in [2.45, 2.75) is 0 Å². The Morgan fingerprint density at radius 1 is 1.27 bits per heavy atom. The molecule has 3 heteroatoms. The molecule has 0 aromatic heterocycles. The molecule has 0 aliphatic heterocycles. The van der Waals surface area contributed by atoms with E-state index in [4.69, 9.17) is 5.41 Å². The predicted molar refractivity (Wildman–Crippen MR) is 47.4 cm³/mol. The smallest absolute Gasteiger partial charge is 0.150 e. The van der Waals surface area contributed by atoms with Crippen LogP contribution in [0.3, 0.4) is 0 Å². The molecule has 0 bridgehead atoms. The first-order chi connectivity index (χ1) is 5.26. The lowest BCUT2D eigenvalue weighted by molar-refractivity contribution is 0.112. The number of halogens is 1. The Morgan fingerprint density at radius 3 is 2.45 bits per heavy atom. The highest BCUT2D eigenvalue weighted by Gasteiger charge is 1.94. The van der Waals surface area contributed by atoms with Gasteiger partial charge in [-0.15, -0.1) is 0 Å². The molecule has 0 amide bonds. The van der Waals surface area contributed by atoms with Crippen molar-refractivity contribution in [3.8, 4) is 0 Å². The molecule has 1 aromatic carbocycles. The molecule has 56 valence electrons. The fourth-order valence-corrected chi connectivity index (χ4v) is 1.32. The van der Waals surface area contributed by atoms with Gasteiger partial charge in [-0.2, -0.15) is 0 Å². The van der Waals surface area contributed by atoms with Crippen molar-refractivity contribution >= 4 is 28.4 Å². The Bertz CT molecular complexity index is 270. The van der Waals surface area contributed by atoms with Crippen molar-refractivity contribution in [2.75, 3.05) is 0 Å². The van der Waals surface area contributed by atoms with E-state index in [1.54, 1.807) is 18.2 Å². The van der Waals surface area contributed by atoms with E-state index in [2.05, 4.69) is 15.9 Å². The van der Waals surface area contributed by atoms with E-state index in [0.717, 1.165) is 16.3 Å². The van der Waals surface area contributed by atoms with E-state index in [0.29, 0.717) is 5.56 Å². The van der Waals surface area contributed by atoms with Crippen molar-refractivity contribution in [2.24, 2.45) is 0 Å². The minimum Gasteiger partial charge on any atom is -0.308 e. The molecule has 0 atom stereocenters. The molecule has 0 saturated carbocycles. The summed E-state index contributed by atoms with van der Waals surface area (Å²) >= 11 is 3.23. The summed E-state index contributed by atoms with van der Waals surface area (Å²) in [7, 11) is 0. The Balaban J connectivity index is 3.21. The van der Waals surface area contributed by atoms with Gasteiger partial charge in [-0.25, -0.2) is 0 Å². The number of aldehydes is 1. The second-order valence-electron chi connectivity index (χ2n) is 2.08. The van der Waals surface area contributed by atoms with Crippen LogP contribution in [0.15, 0.2) is 22.7 Å². The van der Waals surface area contributed by atoms with Crippen LogP contribution >= 0.6 is 15.9 Å². The highest BCUT2D eigenvalue weighted by atomic mass is 79.9. The second-order valence-corrected chi connectivity index (χ2v) is 3.00. The van der Waals surface area contributed by atoms with Gasteiger partial charge in [0.15, 0.2) is 0 Å². The van der Waals surface area contributed by atoms with Crippen molar-refractivity contribution in [3.63, 3.8) is 0 Å².